The third kappa shape index (κ3) is 5.49. The van der Waals surface area contributed by atoms with Gasteiger partial charge in [-0.15, -0.1) is 0 Å². The minimum Gasteiger partial charge on any atom is -0.378 e. The van der Waals surface area contributed by atoms with Gasteiger partial charge in [-0.1, -0.05) is 35.9 Å². The molecule has 2 amide bonds. The molecule has 7 heteroatoms. The van der Waals surface area contributed by atoms with Gasteiger partial charge in [0.05, 0.1) is 0 Å². The van der Waals surface area contributed by atoms with Gasteiger partial charge in [0.25, 0.3) is 5.91 Å². The highest BCUT2D eigenvalue weighted by atomic mass is 35.5. The fourth-order valence-electron chi connectivity index (χ4n) is 3.31. The summed E-state index contributed by atoms with van der Waals surface area (Å²) in [4.78, 5) is 31.5. The van der Waals surface area contributed by atoms with Crippen LogP contribution in [0.4, 0.5) is 5.69 Å². The van der Waals surface area contributed by atoms with E-state index in [-0.39, 0.29) is 24.9 Å². The Morgan fingerprint density at radius 1 is 1.07 bits per heavy atom. The number of hydrogen-bond acceptors (Lipinski definition) is 4. The fraction of sp³-hybridized carbons (Fsp3) is 0.364. The Balaban J connectivity index is 1.85. The molecule has 1 heterocycles. The van der Waals surface area contributed by atoms with Gasteiger partial charge in [0.1, 0.15) is 6.54 Å². The van der Waals surface area contributed by atoms with Gasteiger partial charge in [0, 0.05) is 63.1 Å². The minimum atomic E-state index is -0.183. The van der Waals surface area contributed by atoms with E-state index in [2.05, 4.69) is 5.32 Å². The Labute approximate surface area is 177 Å². The van der Waals surface area contributed by atoms with Crippen LogP contribution in [0.15, 0.2) is 48.5 Å². The van der Waals surface area contributed by atoms with E-state index in [1.54, 1.807) is 21.9 Å². The lowest BCUT2D eigenvalue weighted by Crippen LogP contribution is -2.50. The van der Waals surface area contributed by atoms with Gasteiger partial charge in [-0.25, -0.2) is 0 Å². The molecule has 2 aromatic rings. The Kier molecular flexibility index (Phi) is 7.12. The molecule has 0 saturated carbocycles. The summed E-state index contributed by atoms with van der Waals surface area (Å²) in [5, 5.41) is 3.82. The summed E-state index contributed by atoms with van der Waals surface area (Å²) in [6.45, 7) is 3.16. The standard InChI is InChI=1S/C22H27ClN4O2/c1-25(2)19-8-5-7-17(14-19)22(29)27(15-18-6-3-4-9-20(18)23)16-21(28)26-12-10-24-11-13-26/h3-9,14,24H,10-13,15-16H2,1-2H3. The first-order valence-electron chi connectivity index (χ1n) is 9.74. The molecule has 0 bridgehead atoms. The molecule has 2 aromatic carbocycles. The van der Waals surface area contributed by atoms with Crippen LogP contribution in [0.3, 0.4) is 0 Å². The van der Waals surface area contributed by atoms with Crippen molar-refractivity contribution in [3.63, 3.8) is 0 Å². The zero-order valence-corrected chi connectivity index (χ0v) is 17.7. The molecule has 1 N–H and O–H groups in total. The first-order valence-corrected chi connectivity index (χ1v) is 10.1. The fourth-order valence-corrected chi connectivity index (χ4v) is 3.50. The van der Waals surface area contributed by atoms with Gasteiger partial charge in [-0.3, -0.25) is 9.59 Å². The molecule has 6 nitrogen and oxygen atoms in total. The van der Waals surface area contributed by atoms with Crippen LogP contribution in [-0.2, 0) is 11.3 Å². The molecular weight excluding hydrogens is 388 g/mol. The Bertz CT molecular complexity index is 865. The lowest BCUT2D eigenvalue weighted by Gasteiger charge is -2.31. The molecule has 1 aliphatic rings. The lowest BCUT2D eigenvalue weighted by molar-refractivity contribution is -0.132. The normalized spacial score (nSPS) is 13.8. The molecule has 0 aromatic heterocycles. The van der Waals surface area contributed by atoms with Crippen LogP contribution in [0.1, 0.15) is 15.9 Å². The summed E-state index contributed by atoms with van der Waals surface area (Å²) in [5.74, 6) is -0.229. The number of carbonyl (C=O) groups is 2. The number of hydrogen-bond donors (Lipinski definition) is 1. The van der Waals surface area contributed by atoms with Crippen molar-refractivity contribution < 1.29 is 9.59 Å². The van der Waals surface area contributed by atoms with Crippen molar-refractivity contribution in [3.05, 3.63) is 64.7 Å². The van der Waals surface area contributed by atoms with Crippen molar-refractivity contribution >= 4 is 29.1 Å². The maximum atomic E-state index is 13.3. The van der Waals surface area contributed by atoms with E-state index in [1.807, 2.05) is 55.4 Å². The van der Waals surface area contributed by atoms with Crippen LogP contribution in [-0.4, -0.2) is 68.4 Å². The van der Waals surface area contributed by atoms with Crippen molar-refractivity contribution in [2.24, 2.45) is 0 Å². The quantitative estimate of drug-likeness (QED) is 0.789. The number of carbonyl (C=O) groups excluding carboxylic acids is 2. The largest absolute Gasteiger partial charge is 0.378 e. The van der Waals surface area contributed by atoms with Crippen molar-refractivity contribution in [2.45, 2.75) is 6.54 Å². The molecule has 3 rings (SSSR count). The highest BCUT2D eigenvalue weighted by molar-refractivity contribution is 6.31. The number of halogens is 1. The predicted octanol–water partition coefficient (Wildman–Crippen LogP) is 2.48. The highest BCUT2D eigenvalue weighted by Gasteiger charge is 2.24. The van der Waals surface area contributed by atoms with Gasteiger partial charge in [0.15, 0.2) is 0 Å². The first kappa shape index (κ1) is 21.1. The van der Waals surface area contributed by atoms with E-state index in [4.69, 9.17) is 11.6 Å². The number of nitrogens with one attached hydrogen (secondary N) is 1. The van der Waals surface area contributed by atoms with Crippen molar-refractivity contribution in [1.82, 2.24) is 15.1 Å². The van der Waals surface area contributed by atoms with E-state index in [9.17, 15) is 9.59 Å². The molecule has 0 spiro atoms. The van der Waals surface area contributed by atoms with Gasteiger partial charge < -0.3 is 20.0 Å². The second-order valence-corrected chi connectivity index (χ2v) is 7.74. The van der Waals surface area contributed by atoms with Gasteiger partial charge in [-0.05, 0) is 29.8 Å². The molecule has 0 atom stereocenters. The van der Waals surface area contributed by atoms with Crippen LogP contribution < -0.4 is 10.2 Å². The van der Waals surface area contributed by atoms with Crippen LogP contribution in [0, 0.1) is 0 Å². The van der Waals surface area contributed by atoms with E-state index < -0.39 is 0 Å². The zero-order valence-electron chi connectivity index (χ0n) is 16.9. The summed E-state index contributed by atoms with van der Waals surface area (Å²) in [6.07, 6.45) is 0. The average molecular weight is 415 g/mol. The Hall–Kier alpha value is -2.57. The molecule has 1 saturated heterocycles. The van der Waals surface area contributed by atoms with E-state index >= 15 is 0 Å². The molecule has 154 valence electrons. The van der Waals surface area contributed by atoms with Crippen LogP contribution in [0.25, 0.3) is 0 Å². The highest BCUT2D eigenvalue weighted by Crippen LogP contribution is 2.20. The van der Waals surface area contributed by atoms with Gasteiger partial charge >= 0.3 is 0 Å². The molecule has 1 fully saturated rings. The third-order valence-corrected chi connectivity index (χ3v) is 5.38. The summed E-state index contributed by atoms with van der Waals surface area (Å²) < 4.78 is 0. The number of piperazine rings is 1. The van der Waals surface area contributed by atoms with Gasteiger partial charge in [-0.2, -0.15) is 0 Å². The van der Waals surface area contributed by atoms with Crippen LogP contribution >= 0.6 is 11.6 Å². The molecule has 0 unspecified atom stereocenters. The number of benzene rings is 2. The topological polar surface area (TPSA) is 55.9 Å². The monoisotopic (exact) mass is 414 g/mol. The molecule has 0 aliphatic carbocycles. The lowest BCUT2D eigenvalue weighted by atomic mass is 10.1. The number of rotatable bonds is 6. The van der Waals surface area contributed by atoms with E-state index in [0.717, 1.165) is 24.3 Å². The zero-order chi connectivity index (χ0) is 20.8. The predicted molar refractivity (Wildman–Crippen MR) is 116 cm³/mol. The molecule has 29 heavy (non-hydrogen) atoms. The maximum Gasteiger partial charge on any atom is 0.254 e. The average Bonchev–Trinajstić information content (AvgIpc) is 2.75. The maximum absolute atomic E-state index is 13.3. The molecule has 1 aliphatic heterocycles. The second-order valence-electron chi connectivity index (χ2n) is 7.33. The number of amides is 2. The summed E-state index contributed by atoms with van der Waals surface area (Å²) in [6, 6.07) is 14.8. The molecular formula is C22H27ClN4O2. The number of nitrogens with zero attached hydrogens (tertiary/aromatic N) is 3. The smallest absolute Gasteiger partial charge is 0.254 e. The molecule has 0 radical (unpaired) electrons. The van der Waals surface area contributed by atoms with Crippen molar-refractivity contribution in [3.8, 4) is 0 Å². The number of anilines is 1. The van der Waals surface area contributed by atoms with E-state index in [0.29, 0.717) is 23.7 Å². The minimum absolute atomic E-state index is 0.0241. The van der Waals surface area contributed by atoms with Crippen LogP contribution in [0.2, 0.25) is 5.02 Å². The first-order chi connectivity index (χ1) is 14.0. The summed E-state index contributed by atoms with van der Waals surface area (Å²) in [5.41, 5.74) is 2.30. The van der Waals surface area contributed by atoms with Crippen molar-refractivity contribution in [1.29, 1.82) is 0 Å². The summed E-state index contributed by atoms with van der Waals surface area (Å²) in [7, 11) is 3.86. The van der Waals surface area contributed by atoms with Crippen molar-refractivity contribution in [2.75, 3.05) is 51.7 Å². The Morgan fingerprint density at radius 2 is 1.79 bits per heavy atom. The SMILES string of the molecule is CN(C)c1cccc(C(=O)N(CC(=O)N2CCNCC2)Cc2ccccc2Cl)c1. The van der Waals surface area contributed by atoms with Crippen LogP contribution in [0.5, 0.6) is 0 Å². The summed E-state index contributed by atoms with van der Waals surface area (Å²) >= 11 is 6.32. The van der Waals surface area contributed by atoms with Gasteiger partial charge in [0.2, 0.25) is 5.91 Å². The van der Waals surface area contributed by atoms with E-state index in [1.165, 1.54) is 0 Å². The second kappa shape index (κ2) is 9.76. The third-order valence-electron chi connectivity index (χ3n) is 5.01. The Morgan fingerprint density at radius 3 is 2.48 bits per heavy atom.